The highest BCUT2D eigenvalue weighted by molar-refractivity contribution is 6.30. The zero-order valence-corrected chi connectivity index (χ0v) is 14.3. The number of carbonyl (C=O) groups excluding carboxylic acids is 1. The second-order valence-corrected chi connectivity index (χ2v) is 7.95. The van der Waals surface area contributed by atoms with Crippen molar-refractivity contribution in [3.63, 3.8) is 0 Å². The zero-order valence-electron chi connectivity index (χ0n) is 13.6. The number of nitrogens with one attached hydrogen (secondary N) is 2. The number of halogens is 4. The normalized spacial score (nSPS) is 33.1. The molecule has 2 heterocycles. The molecule has 0 aromatic heterocycles. The van der Waals surface area contributed by atoms with E-state index in [0.717, 1.165) is 18.4 Å². The summed E-state index contributed by atoms with van der Waals surface area (Å²) in [6.45, 7) is 0. The number of hydrogen-bond donors (Lipinski definition) is 2. The molecule has 1 saturated carbocycles. The van der Waals surface area contributed by atoms with E-state index in [2.05, 4.69) is 10.6 Å². The van der Waals surface area contributed by atoms with Gasteiger partial charge in [0.05, 0.1) is 11.3 Å². The third-order valence-corrected chi connectivity index (χ3v) is 6.27. The number of alkyl halides is 3. The first-order valence-electron chi connectivity index (χ1n) is 8.69. The van der Waals surface area contributed by atoms with Gasteiger partial charge < -0.3 is 10.6 Å². The van der Waals surface area contributed by atoms with Crippen LogP contribution in [0.5, 0.6) is 0 Å². The van der Waals surface area contributed by atoms with E-state index in [4.69, 9.17) is 11.6 Å². The molecule has 0 spiro atoms. The fraction of sp³-hybridized carbons (Fsp3) is 0.611. The Labute approximate surface area is 149 Å². The molecule has 2 saturated heterocycles. The Morgan fingerprint density at radius 3 is 2.40 bits per heavy atom. The Bertz CT molecular complexity index is 672. The molecule has 0 radical (unpaired) electrons. The molecular formula is C18H20ClF3N2O. The van der Waals surface area contributed by atoms with Crippen molar-refractivity contribution in [1.82, 2.24) is 10.6 Å². The summed E-state index contributed by atoms with van der Waals surface area (Å²) in [5.74, 6) is -1.55. The molecule has 1 aromatic rings. The second kappa shape index (κ2) is 5.88. The molecule has 2 aliphatic heterocycles. The number of piperidine rings is 1. The van der Waals surface area contributed by atoms with Crippen molar-refractivity contribution < 1.29 is 18.0 Å². The van der Waals surface area contributed by atoms with E-state index in [1.807, 2.05) is 12.1 Å². The van der Waals surface area contributed by atoms with E-state index in [-0.39, 0.29) is 18.4 Å². The largest absolute Gasteiger partial charge is 0.393 e. The lowest BCUT2D eigenvalue weighted by atomic mass is 9.87. The summed E-state index contributed by atoms with van der Waals surface area (Å²) in [4.78, 5) is 12.9. The fourth-order valence-corrected chi connectivity index (χ4v) is 4.53. The molecule has 2 bridgehead atoms. The van der Waals surface area contributed by atoms with Gasteiger partial charge in [0.15, 0.2) is 0 Å². The third-order valence-electron chi connectivity index (χ3n) is 6.01. The Hall–Kier alpha value is -1.27. The number of rotatable bonds is 3. The van der Waals surface area contributed by atoms with E-state index in [1.54, 1.807) is 12.1 Å². The van der Waals surface area contributed by atoms with E-state index < -0.39 is 29.6 Å². The first-order valence-corrected chi connectivity index (χ1v) is 9.07. The van der Waals surface area contributed by atoms with Crippen molar-refractivity contribution in [3.05, 3.63) is 34.9 Å². The van der Waals surface area contributed by atoms with E-state index in [9.17, 15) is 18.0 Å². The molecule has 4 rings (SSSR count). The molecule has 3 nitrogen and oxygen atoms in total. The minimum Gasteiger partial charge on any atom is -0.351 e. The molecule has 1 aromatic carbocycles. The van der Waals surface area contributed by atoms with Gasteiger partial charge in [-0.3, -0.25) is 4.79 Å². The molecule has 2 N–H and O–H groups in total. The van der Waals surface area contributed by atoms with Crippen molar-refractivity contribution in [2.45, 2.75) is 61.8 Å². The maximum Gasteiger partial charge on any atom is 0.393 e. The summed E-state index contributed by atoms with van der Waals surface area (Å²) in [6.07, 6.45) is -1.63. The van der Waals surface area contributed by atoms with Crippen molar-refractivity contribution in [1.29, 1.82) is 0 Å². The number of hydrogen-bond acceptors (Lipinski definition) is 2. The maximum atomic E-state index is 13.3. The van der Waals surface area contributed by atoms with Gasteiger partial charge in [0.1, 0.15) is 0 Å². The summed E-state index contributed by atoms with van der Waals surface area (Å²) in [7, 11) is 0. The van der Waals surface area contributed by atoms with Crippen LogP contribution in [-0.4, -0.2) is 30.2 Å². The number of fused-ring (bicyclic) bond motifs is 2. The van der Waals surface area contributed by atoms with Gasteiger partial charge in [0.25, 0.3) is 0 Å². The summed E-state index contributed by atoms with van der Waals surface area (Å²) >= 11 is 5.90. The van der Waals surface area contributed by atoms with Crippen molar-refractivity contribution >= 4 is 17.5 Å². The number of carbonyl (C=O) groups is 1. The molecule has 2 unspecified atom stereocenters. The van der Waals surface area contributed by atoms with E-state index in [1.165, 1.54) is 0 Å². The predicted octanol–water partition coefficient (Wildman–Crippen LogP) is 3.56. The highest BCUT2D eigenvalue weighted by atomic mass is 35.5. The van der Waals surface area contributed by atoms with Crippen LogP contribution in [0.4, 0.5) is 13.2 Å². The van der Waals surface area contributed by atoms with Crippen LogP contribution < -0.4 is 10.6 Å². The second-order valence-electron chi connectivity index (χ2n) is 7.51. The van der Waals surface area contributed by atoms with E-state index >= 15 is 0 Å². The van der Waals surface area contributed by atoms with Crippen molar-refractivity contribution in [2.24, 2.45) is 5.92 Å². The van der Waals surface area contributed by atoms with Gasteiger partial charge in [-0.2, -0.15) is 13.2 Å². The smallest absolute Gasteiger partial charge is 0.351 e. The quantitative estimate of drug-likeness (QED) is 0.851. The average molecular weight is 373 g/mol. The molecule has 136 valence electrons. The van der Waals surface area contributed by atoms with Crippen LogP contribution in [0, 0.1) is 5.92 Å². The van der Waals surface area contributed by atoms with Crippen LogP contribution in [0.1, 0.15) is 37.7 Å². The van der Waals surface area contributed by atoms with Gasteiger partial charge in [-0.05, 0) is 49.8 Å². The molecule has 1 aliphatic carbocycles. The van der Waals surface area contributed by atoms with Gasteiger partial charge in [-0.15, -0.1) is 0 Å². The molecule has 1 amide bonds. The Morgan fingerprint density at radius 2 is 1.80 bits per heavy atom. The highest BCUT2D eigenvalue weighted by Gasteiger charge is 2.55. The van der Waals surface area contributed by atoms with Crippen LogP contribution in [0.3, 0.4) is 0 Å². The third kappa shape index (κ3) is 3.04. The summed E-state index contributed by atoms with van der Waals surface area (Å²) in [5.41, 5.74) is 0.281. The van der Waals surface area contributed by atoms with Crippen molar-refractivity contribution in [2.75, 3.05) is 0 Å². The van der Waals surface area contributed by atoms with Crippen LogP contribution in [0.15, 0.2) is 24.3 Å². The Balaban J connectivity index is 1.50. The predicted molar refractivity (Wildman–Crippen MR) is 88.4 cm³/mol. The lowest BCUT2D eigenvalue weighted by Gasteiger charge is -2.38. The van der Waals surface area contributed by atoms with Gasteiger partial charge in [0, 0.05) is 23.1 Å². The zero-order chi connectivity index (χ0) is 17.8. The van der Waals surface area contributed by atoms with Gasteiger partial charge >= 0.3 is 6.18 Å². The van der Waals surface area contributed by atoms with Gasteiger partial charge in [-0.1, -0.05) is 23.7 Å². The molecular weight excluding hydrogens is 353 g/mol. The topological polar surface area (TPSA) is 41.1 Å². The molecule has 25 heavy (non-hydrogen) atoms. The molecule has 7 heteroatoms. The standard InChI is InChI=1S/C18H20ClF3N2O/c19-11-3-1-10(2-4-11)17(7-8-17)16(25)24-15-9-12(18(20,21)22)13-5-6-14(15)23-13/h1-4,12-15,23H,5-9H2,(H,24,25)/t12?,13-,14+,15?/m0/s1. The highest BCUT2D eigenvalue weighted by Crippen LogP contribution is 2.49. The minimum atomic E-state index is -4.23. The molecule has 3 fully saturated rings. The molecule has 4 atom stereocenters. The number of amides is 1. The van der Waals surface area contributed by atoms with Crippen LogP contribution >= 0.6 is 11.6 Å². The SMILES string of the molecule is O=C(NC1CC(C(F)(F)F)[C@@H]2CC[C@H]1N2)C1(c2ccc(Cl)cc2)CC1. The first-order chi connectivity index (χ1) is 11.8. The maximum absolute atomic E-state index is 13.3. The lowest BCUT2D eigenvalue weighted by molar-refractivity contribution is -0.189. The minimum absolute atomic E-state index is 0.0335. The lowest BCUT2D eigenvalue weighted by Crippen LogP contribution is -2.59. The average Bonchev–Trinajstić information content (AvgIpc) is 3.26. The fourth-order valence-electron chi connectivity index (χ4n) is 4.41. The summed E-state index contributed by atoms with van der Waals surface area (Å²) < 4.78 is 39.9. The molecule has 3 aliphatic rings. The summed E-state index contributed by atoms with van der Waals surface area (Å²) in [6, 6.07) is 6.11. The Morgan fingerprint density at radius 1 is 1.16 bits per heavy atom. The first kappa shape index (κ1) is 17.2. The number of benzene rings is 1. The van der Waals surface area contributed by atoms with Crippen LogP contribution in [-0.2, 0) is 10.2 Å². The van der Waals surface area contributed by atoms with Gasteiger partial charge in [-0.25, -0.2) is 0 Å². The summed E-state index contributed by atoms with van der Waals surface area (Å²) in [5, 5.41) is 6.60. The Kier molecular flexibility index (Phi) is 4.03. The van der Waals surface area contributed by atoms with E-state index in [0.29, 0.717) is 17.9 Å². The van der Waals surface area contributed by atoms with Crippen LogP contribution in [0.2, 0.25) is 5.02 Å². The van der Waals surface area contributed by atoms with Crippen LogP contribution in [0.25, 0.3) is 0 Å². The van der Waals surface area contributed by atoms with Crippen molar-refractivity contribution in [3.8, 4) is 0 Å². The van der Waals surface area contributed by atoms with Gasteiger partial charge in [0.2, 0.25) is 5.91 Å². The monoisotopic (exact) mass is 372 g/mol.